The number of allylic oxidation sites excluding steroid dienone is 2. The molecule has 0 atom stereocenters. The number of nitrogens with one attached hydrogen (secondary N) is 3. The Morgan fingerprint density at radius 2 is 2.15 bits per heavy atom. The van der Waals surface area contributed by atoms with Gasteiger partial charge >= 0.3 is 0 Å². The number of likely N-dealkylation sites (N-methyl/N-ethyl adjacent to an activating group) is 1. The smallest absolute Gasteiger partial charge is 0.175 e. The average Bonchev–Trinajstić information content (AvgIpc) is 3.25. The maximum Gasteiger partial charge on any atom is 0.175 e. The van der Waals surface area contributed by atoms with Crippen LogP contribution in [-0.4, -0.2) is 58.1 Å². The minimum Gasteiger partial charge on any atom is -0.365 e. The fourth-order valence-electron chi connectivity index (χ4n) is 3.21. The molecule has 4 rings (SSSR count). The third-order valence-corrected chi connectivity index (χ3v) is 4.62. The summed E-state index contributed by atoms with van der Waals surface area (Å²) in [5, 5.41) is 16.6. The third-order valence-electron chi connectivity index (χ3n) is 4.62. The zero-order chi connectivity index (χ0) is 19.0. The standard InChI is InChI=1S/C20H23N7/c1-13-12-15(17(21)14-7-8-22-18(13)14)24-19-16-6-4-5-10-27(16)25-20(19)23-9-11-26(2)3/h4-8,10,12,21-22H,9,11H2,1-3H3,(H,23,25)/b21-17?,24-15+. The molecule has 1 aliphatic rings. The summed E-state index contributed by atoms with van der Waals surface area (Å²) in [6.45, 7) is 3.69. The van der Waals surface area contributed by atoms with Crippen molar-refractivity contribution in [3.8, 4) is 0 Å². The van der Waals surface area contributed by atoms with E-state index in [1.54, 1.807) is 0 Å². The van der Waals surface area contributed by atoms with E-state index >= 15 is 0 Å². The molecule has 3 heterocycles. The first-order valence-electron chi connectivity index (χ1n) is 8.94. The number of aliphatic imine (C=N–C) groups is 1. The highest BCUT2D eigenvalue weighted by molar-refractivity contribution is 6.54. The van der Waals surface area contributed by atoms with Gasteiger partial charge in [0.05, 0.1) is 22.6 Å². The van der Waals surface area contributed by atoms with Gasteiger partial charge in [0.1, 0.15) is 5.69 Å². The van der Waals surface area contributed by atoms with Crippen LogP contribution in [0.1, 0.15) is 18.2 Å². The van der Waals surface area contributed by atoms with Gasteiger partial charge in [0, 0.05) is 31.0 Å². The van der Waals surface area contributed by atoms with E-state index in [1.807, 2.05) is 68.3 Å². The van der Waals surface area contributed by atoms with E-state index in [0.29, 0.717) is 11.4 Å². The van der Waals surface area contributed by atoms with Crippen LogP contribution >= 0.6 is 0 Å². The molecule has 0 bridgehead atoms. The predicted octanol–water partition coefficient (Wildman–Crippen LogP) is 3.19. The van der Waals surface area contributed by atoms with E-state index in [0.717, 1.165) is 46.9 Å². The SMILES string of the molecule is CC1=C/C(=N\c2c(NCCN(C)C)nn3ccccc23)C(=N)c2cc[nH]c21. The van der Waals surface area contributed by atoms with Crippen LogP contribution in [0.5, 0.6) is 0 Å². The zero-order valence-electron chi connectivity index (χ0n) is 15.7. The highest BCUT2D eigenvalue weighted by Gasteiger charge is 2.22. The summed E-state index contributed by atoms with van der Waals surface area (Å²) >= 11 is 0. The van der Waals surface area contributed by atoms with Crippen molar-refractivity contribution in [2.24, 2.45) is 4.99 Å². The predicted molar refractivity (Wildman–Crippen MR) is 111 cm³/mol. The monoisotopic (exact) mass is 361 g/mol. The minimum atomic E-state index is 0.423. The molecule has 7 nitrogen and oxygen atoms in total. The van der Waals surface area contributed by atoms with E-state index < -0.39 is 0 Å². The van der Waals surface area contributed by atoms with Crippen LogP contribution < -0.4 is 5.32 Å². The second-order valence-corrected chi connectivity index (χ2v) is 6.92. The molecule has 0 aliphatic heterocycles. The first-order chi connectivity index (χ1) is 13.0. The molecule has 7 heteroatoms. The van der Waals surface area contributed by atoms with Gasteiger partial charge in [-0.15, -0.1) is 5.10 Å². The van der Waals surface area contributed by atoms with Gasteiger partial charge in [-0.25, -0.2) is 9.51 Å². The molecule has 3 aromatic rings. The van der Waals surface area contributed by atoms with Crippen LogP contribution in [-0.2, 0) is 0 Å². The van der Waals surface area contributed by atoms with E-state index in [4.69, 9.17) is 10.4 Å². The minimum absolute atomic E-state index is 0.423. The largest absolute Gasteiger partial charge is 0.365 e. The van der Waals surface area contributed by atoms with E-state index in [9.17, 15) is 0 Å². The van der Waals surface area contributed by atoms with Crippen LogP contribution in [0.3, 0.4) is 0 Å². The second kappa shape index (κ2) is 6.85. The summed E-state index contributed by atoms with van der Waals surface area (Å²) in [5.74, 6) is 0.731. The van der Waals surface area contributed by atoms with Crippen molar-refractivity contribution < 1.29 is 0 Å². The number of fused-ring (bicyclic) bond motifs is 2. The molecule has 3 aromatic heterocycles. The Hall–Kier alpha value is -3.19. The van der Waals surface area contributed by atoms with E-state index in [-0.39, 0.29) is 0 Å². The van der Waals surface area contributed by atoms with Crippen LogP contribution in [0.4, 0.5) is 11.5 Å². The zero-order valence-corrected chi connectivity index (χ0v) is 15.7. The Morgan fingerprint density at radius 3 is 2.96 bits per heavy atom. The number of H-pyrrole nitrogens is 1. The molecular formula is C20H23N7. The number of aromatic amines is 1. The van der Waals surface area contributed by atoms with Crippen LogP contribution in [0.2, 0.25) is 0 Å². The number of pyridine rings is 1. The highest BCUT2D eigenvalue weighted by atomic mass is 15.3. The van der Waals surface area contributed by atoms with Gasteiger partial charge in [-0.1, -0.05) is 6.07 Å². The summed E-state index contributed by atoms with van der Waals surface area (Å²) in [6, 6.07) is 7.84. The summed E-state index contributed by atoms with van der Waals surface area (Å²) in [5.41, 5.74) is 5.69. The molecule has 3 N–H and O–H groups in total. The van der Waals surface area contributed by atoms with Gasteiger partial charge in [-0.2, -0.15) is 0 Å². The Morgan fingerprint density at radius 1 is 1.30 bits per heavy atom. The topological polar surface area (TPSA) is 84.6 Å². The van der Waals surface area contributed by atoms with Crippen molar-refractivity contribution in [1.29, 1.82) is 5.41 Å². The Labute approximate surface area is 157 Å². The lowest BCUT2D eigenvalue weighted by molar-refractivity contribution is 0.425. The quantitative estimate of drug-likeness (QED) is 0.652. The maximum absolute atomic E-state index is 8.56. The van der Waals surface area contributed by atoms with Crippen molar-refractivity contribution in [2.45, 2.75) is 6.92 Å². The lowest BCUT2D eigenvalue weighted by atomic mass is 9.95. The van der Waals surface area contributed by atoms with E-state index in [1.165, 1.54) is 0 Å². The highest BCUT2D eigenvalue weighted by Crippen LogP contribution is 2.32. The van der Waals surface area contributed by atoms with Gasteiger partial charge in [-0.3, -0.25) is 5.41 Å². The second-order valence-electron chi connectivity index (χ2n) is 6.92. The summed E-state index contributed by atoms with van der Waals surface area (Å²) < 4.78 is 1.82. The van der Waals surface area contributed by atoms with Crippen molar-refractivity contribution in [3.63, 3.8) is 0 Å². The van der Waals surface area contributed by atoms with Gasteiger partial charge in [0.15, 0.2) is 5.82 Å². The lowest BCUT2D eigenvalue weighted by Crippen LogP contribution is -2.21. The van der Waals surface area contributed by atoms with Crippen LogP contribution in [0.15, 0.2) is 47.7 Å². The third kappa shape index (κ3) is 3.17. The maximum atomic E-state index is 8.56. The van der Waals surface area contributed by atoms with Gasteiger partial charge in [0.25, 0.3) is 0 Å². The number of hydrogen-bond donors (Lipinski definition) is 3. The molecular weight excluding hydrogens is 338 g/mol. The van der Waals surface area contributed by atoms with Gasteiger partial charge in [-0.05, 0) is 50.9 Å². The van der Waals surface area contributed by atoms with Crippen LogP contribution in [0, 0.1) is 5.41 Å². The molecule has 0 spiro atoms. The average molecular weight is 361 g/mol. The van der Waals surface area contributed by atoms with Crippen molar-refractivity contribution in [3.05, 3.63) is 54.0 Å². The summed E-state index contributed by atoms with van der Waals surface area (Å²) in [7, 11) is 4.08. The molecule has 0 amide bonds. The molecule has 0 saturated carbocycles. The number of nitrogens with zero attached hydrogens (tertiary/aromatic N) is 4. The Kier molecular flexibility index (Phi) is 4.37. The summed E-state index contributed by atoms with van der Waals surface area (Å²) in [6.07, 6.45) is 5.73. The number of hydrogen-bond acceptors (Lipinski definition) is 5. The molecule has 0 aromatic carbocycles. The number of anilines is 1. The lowest BCUT2D eigenvalue weighted by Gasteiger charge is -2.14. The van der Waals surface area contributed by atoms with Crippen molar-refractivity contribution in [1.82, 2.24) is 19.5 Å². The molecule has 1 aliphatic carbocycles. The molecule has 0 unspecified atom stereocenters. The first-order valence-corrected chi connectivity index (χ1v) is 8.94. The Balaban J connectivity index is 1.77. The fraction of sp³-hybridized carbons (Fsp3) is 0.250. The normalized spacial score (nSPS) is 15.5. The first kappa shape index (κ1) is 17.2. The van der Waals surface area contributed by atoms with Gasteiger partial charge in [0.2, 0.25) is 0 Å². The summed E-state index contributed by atoms with van der Waals surface area (Å²) in [4.78, 5) is 10.2. The van der Waals surface area contributed by atoms with Gasteiger partial charge < -0.3 is 15.2 Å². The molecule has 27 heavy (non-hydrogen) atoms. The molecule has 0 radical (unpaired) electrons. The fourth-order valence-corrected chi connectivity index (χ4v) is 3.21. The molecule has 0 saturated heterocycles. The van der Waals surface area contributed by atoms with Crippen LogP contribution in [0.25, 0.3) is 11.1 Å². The van der Waals surface area contributed by atoms with Crippen molar-refractivity contribution in [2.75, 3.05) is 32.5 Å². The van der Waals surface area contributed by atoms with Crippen molar-refractivity contribution >= 4 is 34.0 Å². The Bertz CT molecular complexity index is 1070. The number of aromatic nitrogens is 3. The molecule has 138 valence electrons. The molecule has 0 fully saturated rings. The van der Waals surface area contributed by atoms with E-state index in [2.05, 4.69) is 20.3 Å². The number of rotatable bonds is 5.